The van der Waals surface area contributed by atoms with Crippen molar-refractivity contribution in [3.8, 4) is 34.8 Å². The van der Waals surface area contributed by atoms with Gasteiger partial charge in [-0.15, -0.1) is 0 Å². The molecule has 0 radical (unpaired) electrons. The number of ether oxygens (including phenoxy) is 5. The highest BCUT2D eigenvalue weighted by molar-refractivity contribution is 6.06. The molecule has 0 aliphatic carbocycles. The van der Waals surface area contributed by atoms with Crippen LogP contribution in [0.4, 0.5) is 5.69 Å². The van der Waals surface area contributed by atoms with Crippen LogP contribution >= 0.6 is 0 Å². The standard InChI is InChI=1S/C30H29N3O7/c1-5-38-24-12-21(13-25(14-24)39-6-2)33-17-27(29(34)26-8-7-22(15-28(26)33)40-18-36-3)30(35)32-20-9-19(16-31)10-23(11-20)37-4/h7-15,17H,5-6,18H2,1-4H3,(H,32,35). The lowest BCUT2D eigenvalue weighted by Crippen LogP contribution is -2.24. The second kappa shape index (κ2) is 12.7. The lowest BCUT2D eigenvalue weighted by molar-refractivity contribution is 0.0512. The van der Waals surface area contributed by atoms with Gasteiger partial charge in [0, 0.05) is 54.7 Å². The first-order chi connectivity index (χ1) is 19.4. The fraction of sp³-hybridized carbons (Fsp3) is 0.233. The van der Waals surface area contributed by atoms with Crippen LogP contribution in [-0.4, -0.2) is 44.7 Å². The molecular weight excluding hydrogens is 514 g/mol. The van der Waals surface area contributed by atoms with Crippen LogP contribution in [0, 0.1) is 11.3 Å². The van der Waals surface area contributed by atoms with Crippen LogP contribution in [0.1, 0.15) is 29.8 Å². The lowest BCUT2D eigenvalue weighted by atomic mass is 10.1. The number of nitriles is 1. The van der Waals surface area contributed by atoms with Crippen LogP contribution in [0.25, 0.3) is 16.6 Å². The van der Waals surface area contributed by atoms with Gasteiger partial charge < -0.3 is 33.6 Å². The van der Waals surface area contributed by atoms with Crippen LogP contribution in [0.3, 0.4) is 0 Å². The third-order valence-corrected chi connectivity index (χ3v) is 5.86. The van der Waals surface area contributed by atoms with Gasteiger partial charge in [-0.05, 0) is 38.1 Å². The number of benzene rings is 3. The predicted molar refractivity (Wildman–Crippen MR) is 150 cm³/mol. The molecule has 1 amide bonds. The molecule has 206 valence electrons. The molecule has 0 spiro atoms. The van der Waals surface area contributed by atoms with E-state index >= 15 is 0 Å². The number of carbonyl (C=O) groups is 1. The Bertz CT molecular complexity index is 1620. The first kappa shape index (κ1) is 28.0. The van der Waals surface area contributed by atoms with Gasteiger partial charge in [0.1, 0.15) is 28.6 Å². The molecule has 0 aliphatic rings. The molecular formula is C30H29N3O7. The minimum absolute atomic E-state index is 0.0236. The molecule has 1 N–H and O–H groups in total. The molecule has 3 aromatic carbocycles. The summed E-state index contributed by atoms with van der Waals surface area (Å²) in [6.45, 7) is 4.65. The summed E-state index contributed by atoms with van der Waals surface area (Å²) in [5.41, 5.74) is 1.12. The van der Waals surface area contributed by atoms with Gasteiger partial charge in [-0.1, -0.05) is 0 Å². The summed E-state index contributed by atoms with van der Waals surface area (Å²) in [6.07, 6.45) is 1.46. The van der Waals surface area contributed by atoms with Crippen molar-refractivity contribution in [1.82, 2.24) is 4.57 Å². The third-order valence-electron chi connectivity index (χ3n) is 5.86. The minimum atomic E-state index is -0.650. The average molecular weight is 544 g/mol. The summed E-state index contributed by atoms with van der Waals surface area (Å²) < 4.78 is 29.1. The Labute approximate surface area is 231 Å². The second-order valence-corrected chi connectivity index (χ2v) is 8.52. The first-order valence-corrected chi connectivity index (χ1v) is 12.5. The number of fused-ring (bicyclic) bond motifs is 1. The molecule has 40 heavy (non-hydrogen) atoms. The van der Waals surface area contributed by atoms with Gasteiger partial charge >= 0.3 is 0 Å². The zero-order valence-electron chi connectivity index (χ0n) is 22.6. The van der Waals surface area contributed by atoms with Crippen molar-refractivity contribution < 1.29 is 28.5 Å². The summed E-state index contributed by atoms with van der Waals surface area (Å²) in [7, 11) is 2.97. The van der Waals surface area contributed by atoms with E-state index in [0.717, 1.165) is 0 Å². The van der Waals surface area contributed by atoms with E-state index in [1.54, 1.807) is 53.1 Å². The molecule has 4 aromatic rings. The topological polar surface area (TPSA) is 121 Å². The Morgan fingerprint density at radius 1 is 0.900 bits per heavy atom. The number of nitrogens with one attached hydrogen (secondary N) is 1. The van der Waals surface area contributed by atoms with E-state index in [9.17, 15) is 14.9 Å². The van der Waals surface area contributed by atoms with E-state index in [-0.39, 0.29) is 12.4 Å². The van der Waals surface area contributed by atoms with E-state index in [2.05, 4.69) is 5.32 Å². The van der Waals surface area contributed by atoms with Crippen molar-refractivity contribution in [2.45, 2.75) is 13.8 Å². The van der Waals surface area contributed by atoms with Crippen molar-refractivity contribution in [3.05, 3.63) is 82.1 Å². The normalized spacial score (nSPS) is 10.6. The van der Waals surface area contributed by atoms with E-state index in [1.165, 1.54) is 26.5 Å². The van der Waals surface area contributed by atoms with E-state index in [0.29, 0.717) is 64.1 Å². The number of carbonyl (C=O) groups excluding carboxylic acids is 1. The van der Waals surface area contributed by atoms with Crippen molar-refractivity contribution in [2.75, 3.05) is 39.5 Å². The molecule has 0 saturated heterocycles. The predicted octanol–water partition coefficient (Wildman–Crippen LogP) is 4.90. The Kier molecular flexibility index (Phi) is 8.89. The maximum absolute atomic E-state index is 13.6. The molecule has 0 atom stereocenters. The fourth-order valence-corrected chi connectivity index (χ4v) is 4.15. The number of hydrogen-bond donors (Lipinski definition) is 1. The Balaban J connectivity index is 1.91. The van der Waals surface area contributed by atoms with Gasteiger partial charge in [0.05, 0.1) is 43.2 Å². The van der Waals surface area contributed by atoms with Crippen LogP contribution < -0.4 is 29.7 Å². The van der Waals surface area contributed by atoms with Crippen molar-refractivity contribution in [3.63, 3.8) is 0 Å². The van der Waals surface area contributed by atoms with Crippen LogP contribution in [-0.2, 0) is 4.74 Å². The number of pyridine rings is 1. The zero-order chi connectivity index (χ0) is 28.6. The molecule has 10 nitrogen and oxygen atoms in total. The summed E-state index contributed by atoms with van der Waals surface area (Å²) >= 11 is 0. The van der Waals surface area contributed by atoms with Gasteiger partial charge in [0.15, 0.2) is 6.79 Å². The Morgan fingerprint density at radius 2 is 1.62 bits per heavy atom. The van der Waals surface area contributed by atoms with Crippen LogP contribution in [0.5, 0.6) is 23.0 Å². The zero-order valence-corrected chi connectivity index (χ0v) is 22.6. The van der Waals surface area contributed by atoms with Gasteiger partial charge in [-0.2, -0.15) is 5.26 Å². The van der Waals surface area contributed by atoms with Gasteiger partial charge in [0.2, 0.25) is 5.43 Å². The monoisotopic (exact) mass is 543 g/mol. The van der Waals surface area contributed by atoms with Gasteiger partial charge in [-0.25, -0.2) is 0 Å². The van der Waals surface area contributed by atoms with Crippen molar-refractivity contribution in [1.29, 1.82) is 5.26 Å². The van der Waals surface area contributed by atoms with Gasteiger partial charge in [0.25, 0.3) is 5.91 Å². The molecule has 1 aromatic heterocycles. The number of anilines is 1. The molecule has 10 heteroatoms. The van der Waals surface area contributed by atoms with Crippen LogP contribution in [0.15, 0.2) is 65.6 Å². The third kappa shape index (κ3) is 6.17. The van der Waals surface area contributed by atoms with Gasteiger partial charge in [-0.3, -0.25) is 9.59 Å². The van der Waals surface area contributed by atoms with E-state index < -0.39 is 11.3 Å². The maximum Gasteiger partial charge on any atom is 0.261 e. The summed E-state index contributed by atoms with van der Waals surface area (Å²) in [4.78, 5) is 27.1. The molecule has 4 rings (SSSR count). The van der Waals surface area contributed by atoms with Crippen molar-refractivity contribution >= 4 is 22.5 Å². The smallest absolute Gasteiger partial charge is 0.261 e. The summed E-state index contributed by atoms with van der Waals surface area (Å²) in [6, 6.07) is 16.9. The maximum atomic E-state index is 13.6. The molecule has 0 saturated carbocycles. The Hall–Kier alpha value is -5.01. The molecule has 0 unspecified atom stereocenters. The number of nitrogens with zero attached hydrogens (tertiary/aromatic N) is 2. The molecule has 0 fully saturated rings. The highest BCUT2D eigenvalue weighted by Gasteiger charge is 2.19. The molecule has 0 bridgehead atoms. The Morgan fingerprint density at radius 3 is 2.25 bits per heavy atom. The minimum Gasteiger partial charge on any atom is -0.497 e. The summed E-state index contributed by atoms with van der Waals surface area (Å²) in [5, 5.41) is 12.4. The average Bonchev–Trinajstić information content (AvgIpc) is 2.96. The molecule has 0 aliphatic heterocycles. The number of hydrogen-bond acceptors (Lipinski definition) is 8. The largest absolute Gasteiger partial charge is 0.497 e. The summed E-state index contributed by atoms with van der Waals surface area (Å²) in [5.74, 6) is 1.35. The SMILES string of the molecule is CCOc1cc(OCC)cc(-n2cc(C(=O)Nc3cc(C#N)cc(OC)c3)c(=O)c3ccc(OCOC)cc32)c1. The highest BCUT2D eigenvalue weighted by Crippen LogP contribution is 2.29. The number of methoxy groups -OCH3 is 2. The molecule has 1 heterocycles. The highest BCUT2D eigenvalue weighted by atomic mass is 16.7. The van der Waals surface area contributed by atoms with E-state index in [4.69, 9.17) is 23.7 Å². The lowest BCUT2D eigenvalue weighted by Gasteiger charge is -2.17. The second-order valence-electron chi connectivity index (χ2n) is 8.52. The van der Waals surface area contributed by atoms with E-state index in [1.807, 2.05) is 19.9 Å². The number of aromatic nitrogens is 1. The quantitative estimate of drug-likeness (QED) is 0.265. The number of amides is 1. The van der Waals surface area contributed by atoms with Crippen LogP contribution in [0.2, 0.25) is 0 Å². The van der Waals surface area contributed by atoms with Crippen molar-refractivity contribution in [2.24, 2.45) is 0 Å². The fourth-order valence-electron chi connectivity index (χ4n) is 4.15. The number of rotatable bonds is 11. The first-order valence-electron chi connectivity index (χ1n) is 12.5.